The average molecular weight is 372 g/mol. The Hall–Kier alpha value is -2.05. The molecule has 4 heterocycles. The zero-order chi connectivity index (χ0) is 18.1. The molecule has 6 nitrogen and oxygen atoms in total. The summed E-state index contributed by atoms with van der Waals surface area (Å²) in [5, 5.41) is 5.66. The number of rotatable bonds is 4. The molecule has 0 radical (unpaired) electrons. The molecule has 1 aliphatic rings. The molecule has 0 amide bonds. The van der Waals surface area contributed by atoms with Crippen LogP contribution in [0.15, 0.2) is 28.9 Å². The van der Waals surface area contributed by atoms with Gasteiger partial charge in [0.05, 0.1) is 11.6 Å². The first kappa shape index (κ1) is 17.4. The molecule has 26 heavy (non-hydrogen) atoms. The van der Waals surface area contributed by atoms with E-state index in [4.69, 9.17) is 21.1 Å². The van der Waals surface area contributed by atoms with Crippen LogP contribution in [0.5, 0.6) is 0 Å². The average Bonchev–Trinajstić information content (AvgIpc) is 3.11. The number of pyridine rings is 2. The van der Waals surface area contributed by atoms with Gasteiger partial charge in [0.1, 0.15) is 0 Å². The lowest BCUT2D eigenvalue weighted by atomic mass is 9.93. The van der Waals surface area contributed by atoms with Crippen LogP contribution in [0.2, 0.25) is 5.02 Å². The Morgan fingerprint density at radius 3 is 2.77 bits per heavy atom. The van der Waals surface area contributed by atoms with Crippen molar-refractivity contribution in [1.29, 1.82) is 0 Å². The minimum atomic E-state index is 0.292. The second-order valence-electron chi connectivity index (χ2n) is 7.19. The summed E-state index contributed by atoms with van der Waals surface area (Å²) >= 11 is 6.00. The Kier molecular flexibility index (Phi) is 4.87. The van der Waals surface area contributed by atoms with Gasteiger partial charge >= 0.3 is 0 Å². The van der Waals surface area contributed by atoms with E-state index < -0.39 is 0 Å². The zero-order valence-corrected chi connectivity index (χ0v) is 15.8. The van der Waals surface area contributed by atoms with Crippen LogP contribution < -0.4 is 0 Å². The highest BCUT2D eigenvalue weighted by molar-refractivity contribution is 6.31. The molecular formula is C19H22ClN5O. The Balaban J connectivity index is 1.39. The van der Waals surface area contributed by atoms with E-state index in [1.54, 1.807) is 6.20 Å². The summed E-state index contributed by atoms with van der Waals surface area (Å²) in [6.45, 7) is 6.85. The fraction of sp³-hybridized carbons (Fsp3) is 0.474. The van der Waals surface area contributed by atoms with E-state index in [0.717, 1.165) is 55.0 Å². The van der Waals surface area contributed by atoms with Crippen molar-refractivity contribution in [2.24, 2.45) is 0 Å². The maximum absolute atomic E-state index is 6.00. The molecule has 1 fully saturated rings. The fourth-order valence-corrected chi connectivity index (χ4v) is 3.54. The molecule has 0 aliphatic carbocycles. The van der Waals surface area contributed by atoms with E-state index in [9.17, 15) is 0 Å². The van der Waals surface area contributed by atoms with Crippen LogP contribution in [0, 0.1) is 0 Å². The summed E-state index contributed by atoms with van der Waals surface area (Å²) < 4.78 is 5.36. The van der Waals surface area contributed by atoms with Gasteiger partial charge in [0.2, 0.25) is 5.89 Å². The van der Waals surface area contributed by atoms with Crippen LogP contribution in [-0.4, -0.2) is 38.1 Å². The van der Waals surface area contributed by atoms with Gasteiger partial charge < -0.3 is 4.52 Å². The van der Waals surface area contributed by atoms with Crippen molar-refractivity contribution in [3.63, 3.8) is 0 Å². The number of piperidine rings is 1. The Morgan fingerprint density at radius 2 is 2.04 bits per heavy atom. The second kappa shape index (κ2) is 7.29. The van der Waals surface area contributed by atoms with Crippen LogP contribution in [0.1, 0.15) is 55.9 Å². The normalized spacial score (nSPS) is 16.6. The topological polar surface area (TPSA) is 67.9 Å². The Morgan fingerprint density at radius 1 is 1.23 bits per heavy atom. The maximum Gasteiger partial charge on any atom is 0.240 e. The van der Waals surface area contributed by atoms with Gasteiger partial charge in [-0.15, -0.1) is 0 Å². The van der Waals surface area contributed by atoms with Gasteiger partial charge in [-0.1, -0.05) is 30.6 Å². The molecular weight excluding hydrogens is 350 g/mol. The standard InChI is InChI=1S/C19H22ClN5O/c1-12(2)18-23-17(26-24-18)11-25-7-5-13(6-8-25)16-4-3-14-9-15(20)10-21-19(14)22-16/h3-4,9-10,12-13H,5-8,11H2,1-2H3. The minimum Gasteiger partial charge on any atom is -0.338 e. The molecule has 4 rings (SSSR count). The summed E-state index contributed by atoms with van der Waals surface area (Å²) in [5.74, 6) is 2.24. The Bertz CT molecular complexity index is 902. The molecule has 3 aromatic heterocycles. The zero-order valence-electron chi connectivity index (χ0n) is 15.0. The summed E-state index contributed by atoms with van der Waals surface area (Å²) in [6.07, 6.45) is 3.79. The second-order valence-corrected chi connectivity index (χ2v) is 7.62. The molecule has 0 saturated carbocycles. The van der Waals surface area contributed by atoms with E-state index in [0.29, 0.717) is 22.7 Å². The number of fused-ring (bicyclic) bond motifs is 1. The van der Waals surface area contributed by atoms with E-state index in [-0.39, 0.29) is 0 Å². The first-order valence-electron chi connectivity index (χ1n) is 9.05. The van der Waals surface area contributed by atoms with Gasteiger partial charge in [-0.05, 0) is 44.1 Å². The molecule has 0 aromatic carbocycles. The van der Waals surface area contributed by atoms with Gasteiger partial charge in [0.15, 0.2) is 11.5 Å². The molecule has 7 heteroatoms. The highest BCUT2D eigenvalue weighted by Gasteiger charge is 2.23. The van der Waals surface area contributed by atoms with Gasteiger partial charge in [0, 0.05) is 29.1 Å². The molecule has 0 atom stereocenters. The van der Waals surface area contributed by atoms with Crippen LogP contribution in [0.4, 0.5) is 0 Å². The smallest absolute Gasteiger partial charge is 0.240 e. The number of hydrogen-bond donors (Lipinski definition) is 0. The molecule has 1 saturated heterocycles. The summed E-state index contributed by atoms with van der Waals surface area (Å²) in [6, 6.07) is 6.07. The monoisotopic (exact) mass is 371 g/mol. The Labute approximate surface area is 157 Å². The lowest BCUT2D eigenvalue weighted by Crippen LogP contribution is -2.32. The van der Waals surface area contributed by atoms with Crippen LogP contribution in [-0.2, 0) is 6.54 Å². The first-order valence-corrected chi connectivity index (χ1v) is 9.43. The predicted molar refractivity (Wildman–Crippen MR) is 100 cm³/mol. The van der Waals surface area contributed by atoms with E-state index in [1.807, 2.05) is 6.07 Å². The van der Waals surface area contributed by atoms with Crippen LogP contribution in [0.25, 0.3) is 11.0 Å². The van der Waals surface area contributed by atoms with Crippen molar-refractivity contribution in [3.8, 4) is 0 Å². The molecule has 136 valence electrons. The summed E-state index contributed by atoms with van der Waals surface area (Å²) in [5.41, 5.74) is 1.88. The molecule has 3 aromatic rings. The van der Waals surface area contributed by atoms with E-state index in [2.05, 4.69) is 46.0 Å². The SMILES string of the molecule is CC(C)c1noc(CN2CCC(c3ccc4cc(Cl)cnc4n3)CC2)n1. The van der Waals surface area contributed by atoms with E-state index >= 15 is 0 Å². The maximum atomic E-state index is 6.00. The highest BCUT2D eigenvalue weighted by atomic mass is 35.5. The minimum absolute atomic E-state index is 0.292. The molecule has 0 bridgehead atoms. The highest BCUT2D eigenvalue weighted by Crippen LogP contribution is 2.29. The van der Waals surface area contributed by atoms with Gasteiger partial charge in [-0.2, -0.15) is 4.98 Å². The van der Waals surface area contributed by atoms with Crippen LogP contribution >= 0.6 is 11.6 Å². The predicted octanol–water partition coefficient (Wildman–Crippen LogP) is 4.17. The lowest BCUT2D eigenvalue weighted by molar-refractivity contribution is 0.180. The third kappa shape index (κ3) is 3.71. The summed E-state index contributed by atoms with van der Waals surface area (Å²) in [7, 11) is 0. The van der Waals surface area contributed by atoms with Crippen molar-refractivity contribution in [2.45, 2.75) is 45.1 Å². The number of likely N-dealkylation sites (tertiary alicyclic amines) is 1. The number of hydrogen-bond acceptors (Lipinski definition) is 6. The largest absolute Gasteiger partial charge is 0.338 e. The van der Waals surface area contributed by atoms with Gasteiger partial charge in [0.25, 0.3) is 0 Å². The lowest BCUT2D eigenvalue weighted by Gasteiger charge is -2.30. The van der Waals surface area contributed by atoms with Crippen molar-refractivity contribution < 1.29 is 4.52 Å². The number of nitrogens with zero attached hydrogens (tertiary/aromatic N) is 5. The van der Waals surface area contributed by atoms with Gasteiger partial charge in [-0.3, -0.25) is 4.90 Å². The summed E-state index contributed by atoms with van der Waals surface area (Å²) in [4.78, 5) is 15.9. The van der Waals surface area contributed by atoms with Crippen molar-refractivity contribution in [3.05, 3.63) is 46.8 Å². The third-order valence-electron chi connectivity index (χ3n) is 4.90. The van der Waals surface area contributed by atoms with Crippen molar-refractivity contribution in [1.82, 2.24) is 25.0 Å². The fourth-order valence-electron chi connectivity index (χ4n) is 3.37. The first-order chi connectivity index (χ1) is 12.6. The molecule has 0 spiro atoms. The quantitative estimate of drug-likeness (QED) is 0.685. The van der Waals surface area contributed by atoms with Crippen LogP contribution in [0.3, 0.4) is 0 Å². The van der Waals surface area contributed by atoms with Gasteiger partial charge in [-0.25, -0.2) is 9.97 Å². The molecule has 0 unspecified atom stereocenters. The van der Waals surface area contributed by atoms with Crippen molar-refractivity contribution in [2.75, 3.05) is 13.1 Å². The molecule has 0 N–H and O–H groups in total. The number of aromatic nitrogens is 4. The third-order valence-corrected chi connectivity index (χ3v) is 5.10. The molecule has 1 aliphatic heterocycles. The number of halogens is 1. The van der Waals surface area contributed by atoms with E-state index in [1.165, 1.54) is 0 Å². The van der Waals surface area contributed by atoms with Crippen molar-refractivity contribution >= 4 is 22.6 Å².